The van der Waals surface area contributed by atoms with Gasteiger partial charge >= 0.3 is 0 Å². The van der Waals surface area contributed by atoms with E-state index in [2.05, 4.69) is 22.9 Å². The van der Waals surface area contributed by atoms with Crippen LogP contribution in [-0.2, 0) is 0 Å². The molecule has 0 bridgehead atoms. The van der Waals surface area contributed by atoms with Gasteiger partial charge in [0, 0.05) is 4.83 Å². The summed E-state index contributed by atoms with van der Waals surface area (Å²) >= 11 is 17.2. The van der Waals surface area contributed by atoms with Gasteiger partial charge in [-0.2, -0.15) is 0 Å². The second-order valence-corrected chi connectivity index (χ2v) is 7.15. The van der Waals surface area contributed by atoms with E-state index in [1.54, 1.807) is 0 Å². The quantitative estimate of drug-likeness (QED) is 0.643. The molecule has 78 valence electrons. The van der Waals surface area contributed by atoms with Crippen molar-refractivity contribution in [3.63, 3.8) is 0 Å². The third-order valence-corrected chi connectivity index (χ3v) is 5.65. The maximum atomic E-state index is 6.11. The van der Waals surface area contributed by atoms with Crippen LogP contribution in [-0.4, -0.2) is 0 Å². The van der Waals surface area contributed by atoms with Crippen LogP contribution in [0, 0.1) is 11.8 Å². The van der Waals surface area contributed by atoms with Crippen LogP contribution in [0.25, 0.3) is 0 Å². The lowest BCUT2D eigenvalue weighted by atomic mass is 9.98. The molecule has 0 aromatic carbocycles. The van der Waals surface area contributed by atoms with Gasteiger partial charge in [-0.25, -0.2) is 0 Å². The number of halogens is 3. The van der Waals surface area contributed by atoms with Gasteiger partial charge in [0.2, 0.25) is 0 Å². The van der Waals surface area contributed by atoms with Gasteiger partial charge < -0.3 is 0 Å². The molecular formula is C10H11BrCl2S. The Kier molecular flexibility index (Phi) is 3.48. The van der Waals surface area contributed by atoms with Gasteiger partial charge in [0.05, 0.1) is 8.67 Å². The normalized spacial score (nSPS) is 20.9. The molecule has 1 heterocycles. The van der Waals surface area contributed by atoms with Crippen molar-refractivity contribution >= 4 is 50.5 Å². The van der Waals surface area contributed by atoms with Crippen LogP contribution in [0.5, 0.6) is 0 Å². The lowest BCUT2D eigenvalue weighted by Crippen LogP contribution is -2.04. The van der Waals surface area contributed by atoms with Gasteiger partial charge in [-0.05, 0) is 36.3 Å². The first-order valence-corrected chi connectivity index (χ1v) is 7.17. The summed E-state index contributed by atoms with van der Waals surface area (Å²) in [4.78, 5) is 0.353. The van der Waals surface area contributed by atoms with E-state index in [-0.39, 0.29) is 0 Å². The van der Waals surface area contributed by atoms with E-state index in [4.69, 9.17) is 23.2 Å². The molecule has 1 aromatic rings. The van der Waals surface area contributed by atoms with Crippen LogP contribution >= 0.6 is 50.5 Å². The molecule has 0 nitrogen and oxygen atoms in total. The van der Waals surface area contributed by atoms with Crippen molar-refractivity contribution in [1.29, 1.82) is 0 Å². The molecular weight excluding hydrogens is 303 g/mol. The molecule has 0 amide bonds. The molecule has 14 heavy (non-hydrogen) atoms. The van der Waals surface area contributed by atoms with Crippen LogP contribution in [0.1, 0.15) is 30.2 Å². The minimum Gasteiger partial charge on any atom is -0.111 e. The first kappa shape index (κ1) is 11.3. The average Bonchev–Trinajstić information content (AvgIpc) is 2.90. The number of hydrogen-bond donors (Lipinski definition) is 0. The summed E-state index contributed by atoms with van der Waals surface area (Å²) in [5, 5.41) is 0. The highest BCUT2D eigenvalue weighted by atomic mass is 79.9. The van der Waals surface area contributed by atoms with E-state index >= 15 is 0 Å². The Balaban J connectivity index is 2.16. The summed E-state index contributed by atoms with van der Waals surface area (Å²) in [5.74, 6) is 1.52. The van der Waals surface area contributed by atoms with Crippen molar-refractivity contribution in [1.82, 2.24) is 0 Å². The third-order valence-electron chi connectivity index (χ3n) is 2.81. The van der Waals surface area contributed by atoms with Gasteiger partial charge in [0.15, 0.2) is 0 Å². The lowest BCUT2D eigenvalue weighted by molar-refractivity contribution is 0.503. The maximum absolute atomic E-state index is 6.11. The maximum Gasteiger partial charge on any atom is 0.0987 e. The molecule has 0 radical (unpaired) electrons. The fourth-order valence-corrected chi connectivity index (χ4v) is 4.31. The smallest absolute Gasteiger partial charge is 0.0987 e. The second-order valence-electron chi connectivity index (χ2n) is 3.88. The number of rotatable bonds is 3. The summed E-state index contributed by atoms with van der Waals surface area (Å²) in [6.45, 7) is 2.28. The minimum atomic E-state index is 0.353. The van der Waals surface area contributed by atoms with E-state index in [1.165, 1.54) is 24.2 Å². The first-order valence-electron chi connectivity index (χ1n) is 4.68. The fourth-order valence-electron chi connectivity index (χ4n) is 1.69. The highest BCUT2D eigenvalue weighted by Gasteiger charge is 2.34. The summed E-state index contributed by atoms with van der Waals surface area (Å²) in [7, 11) is 0. The van der Waals surface area contributed by atoms with Crippen molar-refractivity contribution in [2.75, 3.05) is 0 Å². The van der Waals surface area contributed by atoms with Crippen LogP contribution in [0.2, 0.25) is 8.67 Å². The van der Waals surface area contributed by atoms with Crippen molar-refractivity contribution in [2.45, 2.75) is 24.6 Å². The van der Waals surface area contributed by atoms with Crippen molar-refractivity contribution in [3.8, 4) is 0 Å². The first-order chi connectivity index (χ1) is 6.59. The van der Waals surface area contributed by atoms with Gasteiger partial charge in [-0.1, -0.05) is 46.1 Å². The zero-order valence-electron chi connectivity index (χ0n) is 7.77. The molecule has 0 saturated heterocycles. The topological polar surface area (TPSA) is 0 Å². The molecule has 0 spiro atoms. The summed E-state index contributed by atoms with van der Waals surface area (Å²) in [6, 6.07) is 1.98. The van der Waals surface area contributed by atoms with E-state index in [1.807, 2.05) is 6.07 Å². The molecule has 2 rings (SSSR count). The Morgan fingerprint density at radius 1 is 1.50 bits per heavy atom. The molecule has 1 aliphatic rings. The van der Waals surface area contributed by atoms with E-state index < -0.39 is 0 Å². The van der Waals surface area contributed by atoms with Gasteiger partial charge in [-0.15, -0.1) is 11.3 Å². The minimum absolute atomic E-state index is 0.353. The highest BCUT2D eigenvalue weighted by Crippen LogP contribution is 2.49. The molecule has 1 fully saturated rings. The van der Waals surface area contributed by atoms with E-state index in [9.17, 15) is 0 Å². The number of alkyl halides is 1. The Morgan fingerprint density at radius 3 is 2.57 bits per heavy atom. The van der Waals surface area contributed by atoms with Crippen LogP contribution in [0.3, 0.4) is 0 Å². The SMILES string of the molecule is CC(C1CC1)C(Br)c1cc(Cl)sc1Cl. The predicted octanol–water partition coefficient (Wildman–Crippen LogP) is 5.54. The van der Waals surface area contributed by atoms with Crippen molar-refractivity contribution in [2.24, 2.45) is 11.8 Å². The molecule has 1 aromatic heterocycles. The summed E-state index contributed by atoms with van der Waals surface area (Å²) in [5.41, 5.74) is 1.15. The molecule has 2 unspecified atom stereocenters. The molecule has 1 aliphatic carbocycles. The molecule has 1 saturated carbocycles. The number of hydrogen-bond acceptors (Lipinski definition) is 1. The number of thiophene rings is 1. The third kappa shape index (κ3) is 2.29. The van der Waals surface area contributed by atoms with Crippen LogP contribution in [0.4, 0.5) is 0 Å². The predicted molar refractivity (Wildman–Crippen MR) is 67.9 cm³/mol. The Morgan fingerprint density at radius 2 is 2.14 bits per heavy atom. The second kappa shape index (κ2) is 4.32. The van der Waals surface area contributed by atoms with Gasteiger partial charge in [-0.3, -0.25) is 0 Å². The summed E-state index contributed by atoms with van der Waals surface area (Å²) < 4.78 is 1.60. The van der Waals surface area contributed by atoms with Crippen LogP contribution in [0.15, 0.2) is 6.07 Å². The van der Waals surface area contributed by atoms with E-state index in [0.717, 1.165) is 20.2 Å². The Hall–Kier alpha value is 0.760. The van der Waals surface area contributed by atoms with Crippen LogP contribution < -0.4 is 0 Å². The molecule has 0 aliphatic heterocycles. The largest absolute Gasteiger partial charge is 0.111 e. The highest BCUT2D eigenvalue weighted by molar-refractivity contribution is 9.09. The average molecular weight is 314 g/mol. The molecule has 4 heteroatoms. The van der Waals surface area contributed by atoms with Crippen molar-refractivity contribution in [3.05, 3.63) is 20.3 Å². The standard InChI is InChI=1S/C10H11BrCl2S/c1-5(6-2-3-6)9(11)7-4-8(12)14-10(7)13/h4-6,9H,2-3H2,1H3. The van der Waals surface area contributed by atoms with E-state index in [0.29, 0.717) is 10.7 Å². The summed E-state index contributed by atoms with van der Waals surface area (Å²) in [6.07, 6.45) is 2.72. The van der Waals surface area contributed by atoms with Crippen molar-refractivity contribution < 1.29 is 0 Å². The Bertz CT molecular complexity index is 333. The Labute approximate surface area is 107 Å². The molecule has 2 atom stereocenters. The zero-order valence-corrected chi connectivity index (χ0v) is 11.7. The van der Waals surface area contributed by atoms with Gasteiger partial charge in [0.25, 0.3) is 0 Å². The van der Waals surface area contributed by atoms with Gasteiger partial charge in [0.1, 0.15) is 0 Å². The monoisotopic (exact) mass is 312 g/mol. The lowest BCUT2D eigenvalue weighted by Gasteiger charge is -2.16. The molecule has 0 N–H and O–H groups in total. The fraction of sp³-hybridized carbons (Fsp3) is 0.600. The zero-order chi connectivity index (χ0) is 10.3.